The molecule has 0 bridgehead atoms. The van der Waals surface area contributed by atoms with E-state index in [1.165, 1.54) is 22.7 Å². The second-order valence-electron chi connectivity index (χ2n) is 8.60. The van der Waals surface area contributed by atoms with Crippen molar-refractivity contribution in [3.63, 3.8) is 0 Å². The van der Waals surface area contributed by atoms with E-state index in [1.807, 2.05) is 60.7 Å². The average molecular weight is 536 g/mol. The van der Waals surface area contributed by atoms with E-state index >= 15 is 0 Å². The first-order chi connectivity index (χ1) is 18.1. The molecule has 0 radical (unpaired) electrons. The highest BCUT2D eigenvalue weighted by atomic mass is 32.1. The summed E-state index contributed by atoms with van der Waals surface area (Å²) >= 11 is 2.58. The molecule has 2 N–H and O–H groups in total. The summed E-state index contributed by atoms with van der Waals surface area (Å²) in [6, 6.07) is 19.1. The molecule has 4 aromatic rings. The fourth-order valence-electron chi connectivity index (χ4n) is 3.93. The molecule has 2 aromatic heterocycles. The van der Waals surface area contributed by atoms with Crippen LogP contribution in [0.1, 0.15) is 17.5 Å². The molecule has 1 aliphatic heterocycles. The predicted molar refractivity (Wildman–Crippen MR) is 143 cm³/mol. The molecule has 10 nitrogen and oxygen atoms in total. The zero-order chi connectivity index (χ0) is 25.5. The van der Waals surface area contributed by atoms with E-state index in [0.717, 1.165) is 35.8 Å². The van der Waals surface area contributed by atoms with Gasteiger partial charge in [-0.2, -0.15) is 0 Å². The van der Waals surface area contributed by atoms with Gasteiger partial charge in [0, 0.05) is 19.0 Å². The molecule has 2 aromatic carbocycles. The summed E-state index contributed by atoms with van der Waals surface area (Å²) in [4.78, 5) is 26.7. The van der Waals surface area contributed by atoms with Crippen LogP contribution in [0.25, 0.3) is 0 Å². The monoisotopic (exact) mass is 535 g/mol. The number of benzene rings is 2. The predicted octanol–water partition coefficient (Wildman–Crippen LogP) is 3.66. The zero-order valence-corrected chi connectivity index (χ0v) is 21.5. The standard InChI is InChI=1S/C25H25N7O3S2/c33-20(13-17-7-3-1-4-8-17)26-22-28-30-24(36-22)32-12-11-19(15-32)16-35-25-31-29-23(37-25)27-21(34)14-18-9-5-2-6-10-18/h1-10,19H,11-16H2,(H,26,28,33)(H,27,29,34)/t19-/m0/s1. The van der Waals surface area contributed by atoms with Gasteiger partial charge < -0.3 is 20.3 Å². The molecular formula is C25H25N7O3S2. The molecule has 5 rings (SSSR count). The summed E-state index contributed by atoms with van der Waals surface area (Å²) < 4.78 is 5.85. The van der Waals surface area contributed by atoms with E-state index in [9.17, 15) is 9.59 Å². The van der Waals surface area contributed by atoms with Crippen LogP contribution < -0.4 is 20.3 Å². The Kier molecular flexibility index (Phi) is 7.96. The second kappa shape index (κ2) is 11.9. The summed E-state index contributed by atoms with van der Waals surface area (Å²) in [6.07, 6.45) is 1.51. The molecule has 1 aliphatic rings. The van der Waals surface area contributed by atoms with E-state index in [4.69, 9.17) is 4.74 Å². The lowest BCUT2D eigenvalue weighted by atomic mass is 10.1. The number of rotatable bonds is 10. The molecule has 190 valence electrons. The maximum Gasteiger partial charge on any atom is 0.295 e. The number of nitrogens with zero attached hydrogens (tertiary/aromatic N) is 5. The molecule has 0 spiro atoms. The van der Waals surface area contributed by atoms with Crippen molar-refractivity contribution in [1.29, 1.82) is 0 Å². The number of amides is 2. The van der Waals surface area contributed by atoms with Crippen molar-refractivity contribution in [1.82, 2.24) is 20.4 Å². The van der Waals surface area contributed by atoms with Crippen LogP contribution in [0.15, 0.2) is 60.7 Å². The van der Waals surface area contributed by atoms with Crippen molar-refractivity contribution >= 4 is 49.9 Å². The Morgan fingerprint density at radius 1 is 0.838 bits per heavy atom. The van der Waals surface area contributed by atoms with Crippen LogP contribution in [0.3, 0.4) is 0 Å². The van der Waals surface area contributed by atoms with Crippen LogP contribution in [-0.4, -0.2) is 51.9 Å². The number of carbonyl (C=O) groups is 2. The highest BCUT2D eigenvalue weighted by Crippen LogP contribution is 2.30. The number of nitrogens with one attached hydrogen (secondary N) is 2. The number of aromatic nitrogens is 4. The van der Waals surface area contributed by atoms with Gasteiger partial charge in [0.05, 0.1) is 19.4 Å². The maximum atomic E-state index is 12.3. The Balaban J connectivity index is 1.05. The van der Waals surface area contributed by atoms with Crippen molar-refractivity contribution in [3.05, 3.63) is 71.8 Å². The molecule has 1 atom stereocenters. The molecule has 1 fully saturated rings. The van der Waals surface area contributed by atoms with Crippen molar-refractivity contribution in [2.75, 3.05) is 35.2 Å². The van der Waals surface area contributed by atoms with Gasteiger partial charge in [0.25, 0.3) is 5.19 Å². The highest BCUT2D eigenvalue weighted by molar-refractivity contribution is 7.19. The molecule has 12 heteroatoms. The Morgan fingerprint density at radius 2 is 1.43 bits per heavy atom. The van der Waals surface area contributed by atoms with Crippen LogP contribution in [-0.2, 0) is 22.4 Å². The van der Waals surface area contributed by atoms with Gasteiger partial charge in [-0.1, -0.05) is 77.1 Å². The third kappa shape index (κ3) is 7.08. The maximum absolute atomic E-state index is 12.3. The quantitative estimate of drug-likeness (QED) is 0.316. The van der Waals surface area contributed by atoms with E-state index in [2.05, 4.69) is 35.9 Å². The lowest BCUT2D eigenvalue weighted by Crippen LogP contribution is -2.21. The lowest BCUT2D eigenvalue weighted by Gasteiger charge is -2.13. The van der Waals surface area contributed by atoms with E-state index in [-0.39, 0.29) is 18.2 Å². The fourth-order valence-corrected chi connectivity index (χ4v) is 5.35. The van der Waals surface area contributed by atoms with Gasteiger partial charge in [-0.3, -0.25) is 9.59 Å². The normalized spacial score (nSPS) is 14.9. The van der Waals surface area contributed by atoms with Gasteiger partial charge in [-0.05, 0) is 28.9 Å². The smallest absolute Gasteiger partial charge is 0.295 e. The van der Waals surface area contributed by atoms with Crippen LogP contribution >= 0.6 is 22.7 Å². The first-order valence-corrected chi connectivity index (χ1v) is 13.5. The minimum atomic E-state index is -0.145. The fraction of sp³-hybridized carbons (Fsp3) is 0.280. The number of hydrogen-bond acceptors (Lipinski definition) is 10. The topological polar surface area (TPSA) is 122 Å². The third-order valence-electron chi connectivity index (χ3n) is 5.73. The van der Waals surface area contributed by atoms with Gasteiger partial charge in [-0.25, -0.2) is 0 Å². The van der Waals surface area contributed by atoms with E-state index < -0.39 is 0 Å². The van der Waals surface area contributed by atoms with Gasteiger partial charge in [0.1, 0.15) is 0 Å². The van der Waals surface area contributed by atoms with Crippen molar-refractivity contribution in [2.45, 2.75) is 19.3 Å². The van der Waals surface area contributed by atoms with Crippen molar-refractivity contribution in [2.24, 2.45) is 5.92 Å². The number of carbonyl (C=O) groups excluding carboxylic acids is 2. The summed E-state index contributed by atoms with van der Waals surface area (Å²) in [5.74, 6) is 0.0299. The largest absolute Gasteiger partial charge is 0.469 e. The molecule has 0 saturated carbocycles. The Hall–Kier alpha value is -3.90. The molecular weight excluding hydrogens is 510 g/mol. The minimum Gasteiger partial charge on any atom is -0.469 e. The van der Waals surface area contributed by atoms with Crippen LogP contribution in [0.2, 0.25) is 0 Å². The number of ether oxygens (including phenoxy) is 1. The first kappa shape index (κ1) is 24.8. The average Bonchev–Trinajstić information content (AvgIpc) is 3.65. The van der Waals surface area contributed by atoms with E-state index in [1.54, 1.807) is 0 Å². The molecule has 2 amide bonds. The van der Waals surface area contributed by atoms with Gasteiger partial charge >= 0.3 is 0 Å². The molecule has 0 unspecified atom stereocenters. The SMILES string of the molecule is O=C(Cc1ccccc1)Nc1nnc(OC[C@H]2CCN(c3nnc(NC(=O)Cc4ccccc4)s3)C2)s1. The number of anilines is 3. The summed E-state index contributed by atoms with van der Waals surface area (Å²) in [7, 11) is 0. The Bertz CT molecular complexity index is 1330. The van der Waals surface area contributed by atoms with Gasteiger partial charge in [0.2, 0.25) is 27.2 Å². The first-order valence-electron chi connectivity index (χ1n) is 11.8. The molecule has 1 saturated heterocycles. The lowest BCUT2D eigenvalue weighted by molar-refractivity contribution is -0.116. The Labute approximate surface area is 221 Å². The summed E-state index contributed by atoms with van der Waals surface area (Å²) in [5.41, 5.74) is 1.88. The molecule has 37 heavy (non-hydrogen) atoms. The van der Waals surface area contributed by atoms with Crippen LogP contribution in [0, 0.1) is 5.92 Å². The van der Waals surface area contributed by atoms with E-state index in [0.29, 0.717) is 34.4 Å². The van der Waals surface area contributed by atoms with Crippen LogP contribution in [0.4, 0.5) is 15.4 Å². The van der Waals surface area contributed by atoms with Gasteiger partial charge in [0.15, 0.2) is 0 Å². The van der Waals surface area contributed by atoms with Crippen molar-refractivity contribution < 1.29 is 14.3 Å². The third-order valence-corrected chi connectivity index (χ3v) is 7.38. The zero-order valence-electron chi connectivity index (χ0n) is 19.9. The Morgan fingerprint density at radius 3 is 2.08 bits per heavy atom. The summed E-state index contributed by atoms with van der Waals surface area (Å²) in [5, 5.41) is 24.1. The highest BCUT2D eigenvalue weighted by Gasteiger charge is 2.26. The van der Waals surface area contributed by atoms with Crippen LogP contribution in [0.5, 0.6) is 5.19 Å². The van der Waals surface area contributed by atoms with Gasteiger partial charge in [-0.15, -0.1) is 15.3 Å². The molecule has 3 heterocycles. The summed E-state index contributed by atoms with van der Waals surface area (Å²) in [6.45, 7) is 2.09. The molecule has 0 aliphatic carbocycles. The van der Waals surface area contributed by atoms with Crippen molar-refractivity contribution in [3.8, 4) is 5.19 Å². The minimum absolute atomic E-state index is 0.116. The second-order valence-corrected chi connectivity index (χ2v) is 10.5. The number of hydrogen-bond donors (Lipinski definition) is 2.